The van der Waals surface area contributed by atoms with E-state index in [-0.39, 0.29) is 11.6 Å². The van der Waals surface area contributed by atoms with Crippen molar-refractivity contribution in [2.24, 2.45) is 0 Å². The Morgan fingerprint density at radius 1 is 0.731 bits per heavy atom. The van der Waals surface area contributed by atoms with Crippen LogP contribution in [0.3, 0.4) is 0 Å². The molecule has 4 aromatic rings. The Labute approximate surface area is 153 Å². The molecule has 0 atom stereocenters. The molecule has 0 saturated heterocycles. The van der Waals surface area contributed by atoms with Gasteiger partial charge in [-0.05, 0) is 24.3 Å². The van der Waals surface area contributed by atoms with E-state index in [1.165, 1.54) is 11.3 Å². The molecule has 5 heteroatoms. The molecule has 0 radical (unpaired) electrons. The third kappa shape index (κ3) is 2.18. The Morgan fingerprint density at radius 3 is 2.19 bits per heavy atom. The first-order chi connectivity index (χ1) is 12.7. The molecular formula is C21H12N2O2S. The summed E-state index contributed by atoms with van der Waals surface area (Å²) in [4.78, 5) is 30.4. The topological polar surface area (TPSA) is 59.1 Å². The molecular weight excluding hydrogens is 344 g/mol. The van der Waals surface area contributed by atoms with Gasteiger partial charge < -0.3 is 5.32 Å². The molecule has 1 aliphatic rings. The highest BCUT2D eigenvalue weighted by atomic mass is 32.1. The monoisotopic (exact) mass is 356 g/mol. The van der Waals surface area contributed by atoms with Crippen molar-refractivity contribution in [2.45, 2.75) is 0 Å². The average molecular weight is 356 g/mol. The minimum absolute atomic E-state index is 0.108. The summed E-state index contributed by atoms with van der Waals surface area (Å²) in [5, 5.41) is 3.95. The van der Waals surface area contributed by atoms with Gasteiger partial charge in [-0.2, -0.15) is 0 Å². The number of rotatable bonds is 2. The summed E-state index contributed by atoms with van der Waals surface area (Å²) >= 11 is 1.39. The fourth-order valence-electron chi connectivity index (χ4n) is 3.26. The largest absolute Gasteiger partial charge is 0.332 e. The Balaban J connectivity index is 1.67. The summed E-state index contributed by atoms with van der Waals surface area (Å²) in [7, 11) is 0. The van der Waals surface area contributed by atoms with E-state index in [9.17, 15) is 9.59 Å². The van der Waals surface area contributed by atoms with Gasteiger partial charge in [0.05, 0.1) is 15.8 Å². The number of fused-ring (bicyclic) bond motifs is 4. The van der Waals surface area contributed by atoms with Gasteiger partial charge >= 0.3 is 0 Å². The summed E-state index contributed by atoms with van der Waals surface area (Å²) in [6.45, 7) is 0. The number of carbonyl (C=O) groups is 2. The van der Waals surface area contributed by atoms with Gasteiger partial charge in [-0.3, -0.25) is 9.59 Å². The zero-order valence-corrected chi connectivity index (χ0v) is 14.3. The quantitative estimate of drug-likeness (QED) is 0.493. The third-order valence-corrected chi connectivity index (χ3v) is 5.47. The number of hydrogen-bond donors (Lipinski definition) is 1. The van der Waals surface area contributed by atoms with Crippen LogP contribution in [0.2, 0.25) is 0 Å². The molecule has 0 spiro atoms. The van der Waals surface area contributed by atoms with Gasteiger partial charge in [0.15, 0.2) is 16.7 Å². The number of carbonyl (C=O) groups excluding carboxylic acids is 2. The van der Waals surface area contributed by atoms with Gasteiger partial charge in [-0.25, -0.2) is 4.98 Å². The zero-order chi connectivity index (χ0) is 17.7. The van der Waals surface area contributed by atoms with Crippen LogP contribution in [0.4, 0.5) is 10.8 Å². The van der Waals surface area contributed by atoms with E-state index in [1.54, 1.807) is 36.4 Å². The van der Waals surface area contributed by atoms with Crippen molar-refractivity contribution in [3.05, 3.63) is 89.0 Å². The predicted octanol–water partition coefficient (Wildman–Crippen LogP) is 4.82. The smallest absolute Gasteiger partial charge is 0.196 e. The minimum atomic E-state index is -0.115. The normalized spacial score (nSPS) is 12.8. The highest BCUT2D eigenvalue weighted by Crippen LogP contribution is 2.37. The van der Waals surface area contributed by atoms with Crippen LogP contribution < -0.4 is 5.32 Å². The summed E-state index contributed by atoms with van der Waals surface area (Å²) in [5.41, 5.74) is 3.49. The van der Waals surface area contributed by atoms with Gasteiger partial charge in [0, 0.05) is 22.4 Å². The second-order valence-electron chi connectivity index (χ2n) is 6.05. The number of aromatic nitrogens is 1. The molecule has 1 aromatic heterocycles. The summed E-state index contributed by atoms with van der Waals surface area (Å²) in [5.74, 6) is -0.223. The van der Waals surface area contributed by atoms with Crippen molar-refractivity contribution in [2.75, 3.05) is 5.32 Å². The predicted molar refractivity (Wildman–Crippen MR) is 103 cm³/mol. The molecule has 124 valence electrons. The van der Waals surface area contributed by atoms with Crippen molar-refractivity contribution in [3.63, 3.8) is 0 Å². The second-order valence-corrected chi connectivity index (χ2v) is 7.05. The first kappa shape index (κ1) is 15.0. The second kappa shape index (κ2) is 5.61. The Hall–Kier alpha value is -3.31. The number of thiazole rings is 1. The van der Waals surface area contributed by atoms with Crippen LogP contribution in [0.1, 0.15) is 31.8 Å². The maximum absolute atomic E-state index is 13.0. The maximum atomic E-state index is 13.0. The van der Waals surface area contributed by atoms with E-state index in [0.29, 0.717) is 32.9 Å². The Kier molecular flexibility index (Phi) is 3.23. The molecule has 1 heterocycles. The number of hydrogen-bond acceptors (Lipinski definition) is 5. The molecule has 0 unspecified atom stereocenters. The summed E-state index contributed by atoms with van der Waals surface area (Å²) < 4.78 is 0.744. The number of nitrogens with zero attached hydrogens (tertiary/aromatic N) is 1. The van der Waals surface area contributed by atoms with Gasteiger partial charge in [-0.1, -0.05) is 53.8 Å². The van der Waals surface area contributed by atoms with E-state index in [0.717, 1.165) is 10.4 Å². The summed E-state index contributed by atoms with van der Waals surface area (Å²) in [6.07, 6.45) is 0. The van der Waals surface area contributed by atoms with Crippen molar-refractivity contribution in [1.82, 2.24) is 4.98 Å². The molecule has 0 bridgehead atoms. The van der Waals surface area contributed by atoms with E-state index in [2.05, 4.69) is 10.3 Å². The molecule has 3 aromatic carbocycles. The Morgan fingerprint density at radius 2 is 1.42 bits per heavy atom. The highest BCUT2D eigenvalue weighted by molar-refractivity contribution is 7.22. The van der Waals surface area contributed by atoms with Gasteiger partial charge in [0.25, 0.3) is 0 Å². The fraction of sp³-hybridized carbons (Fsp3) is 0. The van der Waals surface area contributed by atoms with Crippen LogP contribution >= 0.6 is 11.3 Å². The van der Waals surface area contributed by atoms with Crippen LogP contribution in [-0.2, 0) is 0 Å². The van der Waals surface area contributed by atoms with Crippen LogP contribution in [0.15, 0.2) is 66.7 Å². The molecule has 1 aliphatic carbocycles. The number of anilines is 2. The first-order valence-electron chi connectivity index (χ1n) is 8.16. The van der Waals surface area contributed by atoms with Crippen molar-refractivity contribution in [1.29, 1.82) is 0 Å². The number of para-hydroxylation sites is 1. The fourth-order valence-corrected chi connectivity index (χ4v) is 4.29. The number of ketones is 2. The maximum Gasteiger partial charge on any atom is 0.196 e. The first-order valence-corrected chi connectivity index (χ1v) is 8.98. The van der Waals surface area contributed by atoms with Gasteiger partial charge in [0.1, 0.15) is 0 Å². The molecule has 0 amide bonds. The van der Waals surface area contributed by atoms with Crippen molar-refractivity contribution in [3.8, 4) is 0 Å². The van der Waals surface area contributed by atoms with E-state index in [4.69, 9.17) is 0 Å². The van der Waals surface area contributed by atoms with E-state index < -0.39 is 0 Å². The lowest BCUT2D eigenvalue weighted by molar-refractivity contribution is 0.0980. The Bertz CT molecular complexity index is 1200. The average Bonchev–Trinajstić information content (AvgIpc) is 3.08. The number of benzene rings is 3. The third-order valence-electron chi connectivity index (χ3n) is 4.47. The van der Waals surface area contributed by atoms with Gasteiger partial charge in [-0.15, -0.1) is 0 Å². The van der Waals surface area contributed by atoms with Crippen LogP contribution in [0.5, 0.6) is 0 Å². The molecule has 1 N–H and O–H groups in total. The molecule has 4 nitrogen and oxygen atoms in total. The molecule has 5 rings (SSSR count). The standard InChI is InChI=1S/C21H12N2O2S/c24-18-13-8-4-5-9-14(13)19(25)17-15(18)10-11-16-20(17)26-21(23-16)22-12-6-2-1-3-7-12/h1-11H,(H,22,23). The minimum Gasteiger partial charge on any atom is -0.332 e. The van der Waals surface area contributed by atoms with Gasteiger partial charge in [0.2, 0.25) is 0 Å². The highest BCUT2D eigenvalue weighted by Gasteiger charge is 2.31. The van der Waals surface area contributed by atoms with Crippen molar-refractivity contribution >= 4 is 43.9 Å². The molecule has 0 fully saturated rings. The number of nitrogens with one attached hydrogen (secondary N) is 1. The lowest BCUT2D eigenvalue weighted by Gasteiger charge is -2.17. The SMILES string of the molecule is O=C1c2ccccc2C(=O)c2c1ccc1nc(Nc3ccccc3)sc21. The van der Waals surface area contributed by atoms with Crippen LogP contribution in [-0.4, -0.2) is 16.6 Å². The summed E-state index contributed by atoms with van der Waals surface area (Å²) in [6, 6.07) is 20.2. The van der Waals surface area contributed by atoms with E-state index >= 15 is 0 Å². The molecule has 26 heavy (non-hydrogen) atoms. The lowest BCUT2D eigenvalue weighted by Crippen LogP contribution is -2.20. The van der Waals surface area contributed by atoms with Crippen LogP contribution in [0, 0.1) is 0 Å². The molecule has 0 saturated carbocycles. The van der Waals surface area contributed by atoms with Crippen molar-refractivity contribution < 1.29 is 9.59 Å². The zero-order valence-electron chi connectivity index (χ0n) is 13.5. The lowest BCUT2D eigenvalue weighted by atomic mass is 9.84. The van der Waals surface area contributed by atoms with Crippen LogP contribution in [0.25, 0.3) is 10.2 Å². The molecule has 0 aliphatic heterocycles. The van der Waals surface area contributed by atoms with E-state index in [1.807, 2.05) is 30.3 Å².